The molecule has 1 fully saturated rings. The zero-order valence-electron chi connectivity index (χ0n) is 11.6. The molecule has 1 aromatic rings. The van der Waals surface area contributed by atoms with E-state index in [2.05, 4.69) is 35.6 Å². The summed E-state index contributed by atoms with van der Waals surface area (Å²) < 4.78 is 0. The summed E-state index contributed by atoms with van der Waals surface area (Å²) in [4.78, 5) is 4.34. The van der Waals surface area contributed by atoms with Crippen molar-refractivity contribution in [2.45, 2.75) is 57.3 Å². The summed E-state index contributed by atoms with van der Waals surface area (Å²) in [7, 11) is 0. The lowest BCUT2D eigenvalue weighted by Gasteiger charge is -2.33. The molecule has 1 aliphatic carbocycles. The maximum Gasteiger partial charge on any atom is 0.0306 e. The molecule has 0 aliphatic heterocycles. The van der Waals surface area contributed by atoms with Crippen molar-refractivity contribution in [2.75, 3.05) is 13.1 Å². The lowest BCUT2D eigenvalue weighted by Crippen LogP contribution is -2.38. The minimum atomic E-state index is 0.333. The van der Waals surface area contributed by atoms with Crippen LogP contribution in [0.2, 0.25) is 0 Å². The van der Waals surface area contributed by atoms with Crippen molar-refractivity contribution in [3.8, 4) is 0 Å². The standard InChI is InChI=1S/C16H26N2/c1-2-11-18-14-16(9-5-3-4-6-10-16)15-8-7-12-17-13-15/h7-8,12-13,18H,2-6,9-11,14H2,1H3. The number of pyridine rings is 1. The molecule has 2 rings (SSSR count). The molecule has 0 atom stereocenters. The first-order valence-electron chi connectivity index (χ1n) is 7.49. The second-order valence-electron chi connectivity index (χ2n) is 5.61. The van der Waals surface area contributed by atoms with Crippen molar-refractivity contribution in [3.63, 3.8) is 0 Å². The number of nitrogens with one attached hydrogen (secondary N) is 1. The van der Waals surface area contributed by atoms with Crippen molar-refractivity contribution < 1.29 is 0 Å². The first kappa shape index (κ1) is 13.5. The first-order chi connectivity index (χ1) is 8.87. The molecule has 100 valence electrons. The number of rotatable bonds is 5. The lowest BCUT2D eigenvalue weighted by atomic mass is 9.75. The second-order valence-corrected chi connectivity index (χ2v) is 5.61. The van der Waals surface area contributed by atoms with E-state index in [1.165, 1.54) is 50.5 Å². The molecule has 0 saturated heterocycles. The van der Waals surface area contributed by atoms with Crippen molar-refractivity contribution in [3.05, 3.63) is 30.1 Å². The van der Waals surface area contributed by atoms with Gasteiger partial charge in [-0.1, -0.05) is 38.7 Å². The van der Waals surface area contributed by atoms with E-state index in [1.54, 1.807) is 0 Å². The third-order valence-corrected chi connectivity index (χ3v) is 4.22. The van der Waals surface area contributed by atoms with Crippen molar-refractivity contribution in [2.24, 2.45) is 0 Å². The van der Waals surface area contributed by atoms with Crippen LogP contribution in [0.4, 0.5) is 0 Å². The van der Waals surface area contributed by atoms with E-state index >= 15 is 0 Å². The van der Waals surface area contributed by atoms with Crippen LogP contribution >= 0.6 is 0 Å². The molecule has 18 heavy (non-hydrogen) atoms. The maximum atomic E-state index is 4.34. The Labute approximate surface area is 111 Å². The molecule has 0 amide bonds. The molecule has 1 aromatic heterocycles. The van der Waals surface area contributed by atoms with Gasteiger partial charge in [-0.3, -0.25) is 4.98 Å². The van der Waals surface area contributed by atoms with Gasteiger partial charge in [0.25, 0.3) is 0 Å². The Hall–Kier alpha value is -0.890. The molecule has 0 radical (unpaired) electrons. The highest BCUT2D eigenvalue weighted by molar-refractivity contribution is 5.23. The van der Waals surface area contributed by atoms with Gasteiger partial charge in [0, 0.05) is 24.4 Å². The van der Waals surface area contributed by atoms with Gasteiger partial charge in [-0.25, -0.2) is 0 Å². The molecule has 2 heteroatoms. The number of hydrogen-bond donors (Lipinski definition) is 1. The van der Waals surface area contributed by atoms with Crippen LogP contribution in [-0.2, 0) is 5.41 Å². The van der Waals surface area contributed by atoms with Crippen molar-refractivity contribution in [1.82, 2.24) is 10.3 Å². The molecule has 1 heterocycles. The largest absolute Gasteiger partial charge is 0.316 e. The van der Waals surface area contributed by atoms with Crippen LogP contribution in [0, 0.1) is 0 Å². The molecular formula is C16H26N2. The summed E-state index contributed by atoms with van der Waals surface area (Å²) in [6, 6.07) is 4.35. The van der Waals surface area contributed by atoms with Crippen LogP contribution in [0.1, 0.15) is 57.4 Å². The van der Waals surface area contributed by atoms with Crippen LogP contribution in [0.5, 0.6) is 0 Å². The summed E-state index contributed by atoms with van der Waals surface area (Å²) in [5.41, 5.74) is 1.77. The zero-order valence-corrected chi connectivity index (χ0v) is 11.6. The fraction of sp³-hybridized carbons (Fsp3) is 0.688. The van der Waals surface area contributed by atoms with Crippen molar-refractivity contribution in [1.29, 1.82) is 0 Å². The molecule has 1 aliphatic rings. The first-order valence-corrected chi connectivity index (χ1v) is 7.49. The quantitative estimate of drug-likeness (QED) is 0.633. The van der Waals surface area contributed by atoms with Gasteiger partial charge in [0.2, 0.25) is 0 Å². The van der Waals surface area contributed by atoms with Gasteiger partial charge in [-0.05, 0) is 37.4 Å². The number of aromatic nitrogens is 1. The van der Waals surface area contributed by atoms with Crippen LogP contribution in [0.15, 0.2) is 24.5 Å². The van der Waals surface area contributed by atoms with Crippen LogP contribution in [-0.4, -0.2) is 18.1 Å². The Balaban J connectivity index is 2.15. The molecular weight excluding hydrogens is 220 g/mol. The predicted molar refractivity (Wildman–Crippen MR) is 76.8 cm³/mol. The van der Waals surface area contributed by atoms with E-state index in [-0.39, 0.29) is 0 Å². The van der Waals surface area contributed by atoms with E-state index in [9.17, 15) is 0 Å². The van der Waals surface area contributed by atoms with Gasteiger partial charge in [0.05, 0.1) is 0 Å². The van der Waals surface area contributed by atoms with E-state index in [4.69, 9.17) is 0 Å². The summed E-state index contributed by atoms with van der Waals surface area (Å²) in [5, 5.41) is 3.64. The predicted octanol–water partition coefficient (Wildman–Crippen LogP) is 3.67. The Kier molecular flexibility index (Phi) is 5.18. The number of hydrogen-bond acceptors (Lipinski definition) is 2. The lowest BCUT2D eigenvalue weighted by molar-refractivity contribution is 0.347. The Bertz CT molecular complexity index is 326. The van der Waals surface area contributed by atoms with Crippen LogP contribution < -0.4 is 5.32 Å². The SMILES string of the molecule is CCCNCC1(c2cccnc2)CCCCCC1. The molecule has 0 spiro atoms. The molecule has 1 N–H and O–H groups in total. The smallest absolute Gasteiger partial charge is 0.0306 e. The third kappa shape index (κ3) is 3.32. The Morgan fingerprint density at radius 3 is 2.61 bits per heavy atom. The fourth-order valence-electron chi connectivity index (χ4n) is 3.15. The van der Waals surface area contributed by atoms with Gasteiger partial charge < -0.3 is 5.32 Å². The zero-order chi connectivity index (χ0) is 12.7. The molecule has 0 bridgehead atoms. The van der Waals surface area contributed by atoms with Gasteiger partial charge in [-0.2, -0.15) is 0 Å². The Morgan fingerprint density at radius 1 is 1.22 bits per heavy atom. The summed E-state index contributed by atoms with van der Waals surface area (Å²) in [6.07, 6.45) is 13.3. The van der Waals surface area contributed by atoms with E-state index < -0.39 is 0 Å². The highest BCUT2D eigenvalue weighted by atomic mass is 14.9. The Morgan fingerprint density at radius 2 is 2.00 bits per heavy atom. The highest BCUT2D eigenvalue weighted by Crippen LogP contribution is 2.37. The fourth-order valence-corrected chi connectivity index (χ4v) is 3.15. The third-order valence-electron chi connectivity index (χ3n) is 4.22. The van der Waals surface area contributed by atoms with Crippen molar-refractivity contribution >= 4 is 0 Å². The van der Waals surface area contributed by atoms with E-state index in [1.807, 2.05) is 6.20 Å². The highest BCUT2D eigenvalue weighted by Gasteiger charge is 2.32. The minimum Gasteiger partial charge on any atom is -0.316 e. The molecule has 2 nitrogen and oxygen atoms in total. The average Bonchev–Trinajstić information content (AvgIpc) is 2.67. The average molecular weight is 246 g/mol. The van der Waals surface area contributed by atoms with Gasteiger partial charge in [0.1, 0.15) is 0 Å². The van der Waals surface area contributed by atoms with Crippen LogP contribution in [0.25, 0.3) is 0 Å². The van der Waals surface area contributed by atoms with Gasteiger partial charge >= 0.3 is 0 Å². The van der Waals surface area contributed by atoms with E-state index in [0.717, 1.165) is 13.1 Å². The van der Waals surface area contributed by atoms with E-state index in [0.29, 0.717) is 5.41 Å². The number of nitrogens with zero attached hydrogens (tertiary/aromatic N) is 1. The normalized spacial score (nSPS) is 19.4. The maximum absolute atomic E-state index is 4.34. The summed E-state index contributed by atoms with van der Waals surface area (Å²) in [5.74, 6) is 0. The van der Waals surface area contributed by atoms with Crippen LogP contribution in [0.3, 0.4) is 0 Å². The minimum absolute atomic E-state index is 0.333. The molecule has 0 aromatic carbocycles. The van der Waals surface area contributed by atoms with Gasteiger partial charge in [0.15, 0.2) is 0 Å². The monoisotopic (exact) mass is 246 g/mol. The summed E-state index contributed by atoms with van der Waals surface area (Å²) >= 11 is 0. The topological polar surface area (TPSA) is 24.9 Å². The molecule has 0 unspecified atom stereocenters. The summed E-state index contributed by atoms with van der Waals surface area (Å²) in [6.45, 7) is 4.48. The molecule has 1 saturated carbocycles. The second kappa shape index (κ2) is 6.89. The van der Waals surface area contributed by atoms with Gasteiger partial charge in [-0.15, -0.1) is 0 Å².